The van der Waals surface area contributed by atoms with Gasteiger partial charge in [-0.25, -0.2) is 18.2 Å². The highest BCUT2D eigenvalue weighted by Gasteiger charge is 2.19. The normalized spacial score (nSPS) is 11.5. The van der Waals surface area contributed by atoms with Crippen LogP contribution in [0.1, 0.15) is 10.5 Å². The number of benzene rings is 1. The Morgan fingerprint density at radius 3 is 2.56 bits per heavy atom. The number of carbonyl (C=O) groups excluding carboxylic acids is 1. The molecule has 3 rings (SSSR count). The molecule has 8 nitrogen and oxygen atoms in total. The summed E-state index contributed by atoms with van der Waals surface area (Å²) in [6, 6.07) is 8.64. The van der Waals surface area contributed by atoms with Crippen molar-refractivity contribution in [3.63, 3.8) is 0 Å². The largest absolute Gasteiger partial charge is 0.477 e. The molecule has 0 unspecified atom stereocenters. The quantitative estimate of drug-likeness (QED) is 0.670. The third-order valence-electron chi connectivity index (χ3n) is 3.82. The maximum Gasteiger partial charge on any atom is 0.352 e. The van der Waals surface area contributed by atoms with E-state index in [0.717, 1.165) is 6.26 Å². The Hall–Kier alpha value is -2.91. The van der Waals surface area contributed by atoms with Crippen molar-refractivity contribution in [3.8, 4) is 0 Å². The lowest BCUT2D eigenvalue weighted by Gasteiger charge is -2.09. The number of amides is 1. The first-order valence-corrected chi connectivity index (χ1v) is 9.90. The first kappa shape index (κ1) is 18.9. The molecule has 0 radical (unpaired) electrons. The molecule has 3 aromatic rings. The molecule has 140 valence electrons. The van der Waals surface area contributed by atoms with Gasteiger partial charge in [0.25, 0.3) is 0 Å². The van der Waals surface area contributed by atoms with Gasteiger partial charge in [0.05, 0.1) is 9.92 Å². The monoisotopic (exact) mass is 407 g/mol. The number of aromatic nitrogens is 2. The lowest BCUT2D eigenvalue weighted by Crippen LogP contribution is -2.21. The van der Waals surface area contributed by atoms with Crippen LogP contribution in [0.3, 0.4) is 0 Å². The summed E-state index contributed by atoms with van der Waals surface area (Å²) in [4.78, 5) is 27.9. The number of pyridine rings is 1. The molecule has 2 N–H and O–H groups in total. The van der Waals surface area contributed by atoms with E-state index in [1.807, 2.05) is 0 Å². The SMILES string of the molecule is CS(=O)(=O)c1ccc2c(c1)cc(C(=O)O)n2CC(=O)Nc1ccc(Cl)cn1. The number of nitrogens with zero attached hydrogens (tertiary/aromatic N) is 2. The van der Waals surface area contributed by atoms with Gasteiger partial charge in [-0.15, -0.1) is 0 Å². The van der Waals surface area contributed by atoms with Crippen LogP contribution in [-0.2, 0) is 21.2 Å². The summed E-state index contributed by atoms with van der Waals surface area (Å²) in [5, 5.41) is 12.8. The van der Waals surface area contributed by atoms with Crippen LogP contribution in [0.2, 0.25) is 5.02 Å². The number of sulfone groups is 1. The fraction of sp³-hybridized carbons (Fsp3) is 0.118. The van der Waals surface area contributed by atoms with Crippen LogP contribution < -0.4 is 5.32 Å². The van der Waals surface area contributed by atoms with Gasteiger partial charge in [-0.05, 0) is 36.4 Å². The van der Waals surface area contributed by atoms with Crippen LogP contribution in [0.4, 0.5) is 5.82 Å². The van der Waals surface area contributed by atoms with Crippen LogP contribution in [0.25, 0.3) is 10.9 Å². The molecule has 0 bridgehead atoms. The minimum atomic E-state index is -3.44. The number of fused-ring (bicyclic) bond motifs is 1. The van der Waals surface area contributed by atoms with E-state index in [4.69, 9.17) is 11.6 Å². The van der Waals surface area contributed by atoms with Crippen LogP contribution in [-0.4, -0.2) is 41.2 Å². The highest BCUT2D eigenvalue weighted by atomic mass is 35.5. The second-order valence-electron chi connectivity index (χ2n) is 5.82. The number of rotatable bonds is 5. The number of carbonyl (C=O) groups is 2. The van der Waals surface area contributed by atoms with E-state index in [2.05, 4.69) is 10.3 Å². The fourth-order valence-electron chi connectivity index (χ4n) is 2.60. The number of hydrogen-bond acceptors (Lipinski definition) is 5. The molecule has 0 saturated heterocycles. The lowest BCUT2D eigenvalue weighted by atomic mass is 10.2. The molecule has 2 heterocycles. The van der Waals surface area contributed by atoms with E-state index in [0.29, 0.717) is 15.9 Å². The van der Waals surface area contributed by atoms with Gasteiger partial charge in [0.1, 0.15) is 18.1 Å². The van der Waals surface area contributed by atoms with Crippen LogP contribution in [0.5, 0.6) is 0 Å². The molecule has 0 aliphatic heterocycles. The number of halogens is 1. The highest BCUT2D eigenvalue weighted by molar-refractivity contribution is 7.90. The molecule has 10 heteroatoms. The number of carboxylic acid groups (broad SMARTS) is 1. The van der Waals surface area contributed by atoms with Crippen molar-refractivity contribution >= 4 is 50.0 Å². The average molecular weight is 408 g/mol. The molecule has 0 aliphatic carbocycles. The van der Waals surface area contributed by atoms with Gasteiger partial charge in [0.15, 0.2) is 9.84 Å². The number of nitrogens with one attached hydrogen (secondary N) is 1. The summed E-state index contributed by atoms with van der Waals surface area (Å²) in [7, 11) is -3.44. The Balaban J connectivity index is 1.96. The molecule has 0 aliphatic rings. The number of anilines is 1. The standard InChI is InChI=1S/C17H14ClN3O5S/c1-27(25,26)12-3-4-13-10(6-12)7-14(17(23)24)21(13)9-16(22)20-15-5-2-11(18)8-19-15/h2-8H,9H2,1H3,(H,23,24)(H,19,20,22). The van der Waals surface area contributed by atoms with Gasteiger partial charge < -0.3 is 15.0 Å². The van der Waals surface area contributed by atoms with E-state index < -0.39 is 21.7 Å². The topological polar surface area (TPSA) is 118 Å². The third kappa shape index (κ3) is 4.09. The Labute approximate surface area is 159 Å². The minimum Gasteiger partial charge on any atom is -0.477 e. The van der Waals surface area contributed by atoms with Gasteiger partial charge in [-0.2, -0.15) is 0 Å². The zero-order valence-corrected chi connectivity index (χ0v) is 15.6. The molecule has 0 saturated carbocycles. The van der Waals surface area contributed by atoms with Gasteiger partial charge >= 0.3 is 5.97 Å². The molecular formula is C17H14ClN3O5S. The fourth-order valence-corrected chi connectivity index (χ4v) is 3.37. The zero-order valence-electron chi connectivity index (χ0n) is 14.0. The van der Waals surface area contributed by atoms with Gasteiger partial charge in [0.2, 0.25) is 5.91 Å². The summed E-state index contributed by atoms with van der Waals surface area (Å²) in [6.45, 7) is -0.284. The Kier molecular flexibility index (Phi) is 4.90. The van der Waals surface area contributed by atoms with Crippen molar-refractivity contribution in [2.24, 2.45) is 0 Å². The predicted octanol–water partition coefficient (Wildman–Crippen LogP) is 2.43. The average Bonchev–Trinajstić information content (AvgIpc) is 2.94. The van der Waals surface area contributed by atoms with Crippen LogP contribution in [0.15, 0.2) is 47.5 Å². The Morgan fingerprint density at radius 2 is 1.96 bits per heavy atom. The van der Waals surface area contributed by atoms with Crippen LogP contribution >= 0.6 is 11.6 Å². The second-order valence-corrected chi connectivity index (χ2v) is 8.28. The molecule has 27 heavy (non-hydrogen) atoms. The van der Waals surface area contributed by atoms with Gasteiger partial charge in [0, 0.05) is 23.4 Å². The minimum absolute atomic E-state index is 0.0684. The molecule has 0 atom stereocenters. The van der Waals surface area contributed by atoms with E-state index in [1.54, 1.807) is 6.07 Å². The van der Waals surface area contributed by atoms with Crippen molar-refractivity contribution in [2.45, 2.75) is 11.4 Å². The smallest absolute Gasteiger partial charge is 0.352 e. The first-order chi connectivity index (χ1) is 12.6. The molecular weight excluding hydrogens is 394 g/mol. The summed E-state index contributed by atoms with van der Waals surface area (Å²) in [5.74, 6) is -1.45. The van der Waals surface area contributed by atoms with Gasteiger partial charge in [-0.1, -0.05) is 11.6 Å². The van der Waals surface area contributed by atoms with E-state index in [9.17, 15) is 23.1 Å². The van der Waals surface area contributed by atoms with Crippen LogP contribution in [0, 0.1) is 0 Å². The summed E-state index contributed by atoms with van der Waals surface area (Å²) in [6.07, 6.45) is 2.44. The van der Waals surface area contributed by atoms with Gasteiger partial charge in [-0.3, -0.25) is 4.79 Å². The zero-order chi connectivity index (χ0) is 19.8. The predicted molar refractivity (Wildman–Crippen MR) is 99.9 cm³/mol. The number of carboxylic acids is 1. The van der Waals surface area contributed by atoms with Crippen molar-refractivity contribution < 1.29 is 23.1 Å². The molecule has 0 spiro atoms. The molecule has 1 aromatic carbocycles. The van der Waals surface area contributed by atoms with Crippen molar-refractivity contribution in [3.05, 3.63) is 53.3 Å². The summed E-state index contributed by atoms with van der Waals surface area (Å²) in [5.41, 5.74) is 0.300. The molecule has 1 amide bonds. The molecule has 2 aromatic heterocycles. The number of aromatic carboxylic acids is 1. The maximum absolute atomic E-state index is 12.3. The van der Waals surface area contributed by atoms with E-state index >= 15 is 0 Å². The Morgan fingerprint density at radius 1 is 1.22 bits per heavy atom. The van der Waals surface area contributed by atoms with E-state index in [-0.39, 0.29) is 23.0 Å². The Bertz CT molecular complexity index is 1150. The van der Waals surface area contributed by atoms with Crippen molar-refractivity contribution in [2.75, 3.05) is 11.6 Å². The highest BCUT2D eigenvalue weighted by Crippen LogP contribution is 2.24. The second kappa shape index (κ2) is 7.01. The lowest BCUT2D eigenvalue weighted by molar-refractivity contribution is -0.116. The summed E-state index contributed by atoms with van der Waals surface area (Å²) < 4.78 is 24.7. The van der Waals surface area contributed by atoms with Crippen molar-refractivity contribution in [1.82, 2.24) is 9.55 Å². The third-order valence-corrected chi connectivity index (χ3v) is 5.15. The first-order valence-electron chi connectivity index (χ1n) is 7.63. The molecule has 0 fully saturated rings. The maximum atomic E-state index is 12.3. The van der Waals surface area contributed by atoms with Crippen molar-refractivity contribution in [1.29, 1.82) is 0 Å². The van der Waals surface area contributed by atoms with E-state index in [1.165, 1.54) is 41.1 Å². The number of hydrogen-bond donors (Lipinski definition) is 2. The summed E-state index contributed by atoms with van der Waals surface area (Å²) >= 11 is 5.74.